The maximum absolute atomic E-state index is 12.2. The first-order valence-electron chi connectivity index (χ1n) is 13.7. The molecule has 0 bridgehead atoms. The number of aryl methyl sites for hydroxylation is 1. The fourth-order valence-electron chi connectivity index (χ4n) is 4.53. The van der Waals surface area contributed by atoms with Gasteiger partial charge in [0.2, 0.25) is 5.91 Å². The number of morpholine rings is 1. The summed E-state index contributed by atoms with van der Waals surface area (Å²) in [5.74, 6) is 3.29. The van der Waals surface area contributed by atoms with Crippen molar-refractivity contribution in [3.63, 3.8) is 0 Å². The van der Waals surface area contributed by atoms with Crippen molar-refractivity contribution >= 4 is 34.4 Å². The molecule has 1 amide bonds. The summed E-state index contributed by atoms with van der Waals surface area (Å²) >= 11 is 0. The molecule has 0 aliphatic carbocycles. The molecule has 10 heteroatoms. The van der Waals surface area contributed by atoms with Gasteiger partial charge in [0.15, 0.2) is 11.5 Å². The smallest absolute Gasteiger partial charge is 0.244 e. The van der Waals surface area contributed by atoms with Gasteiger partial charge in [-0.05, 0) is 55.3 Å². The van der Waals surface area contributed by atoms with Crippen LogP contribution in [-0.4, -0.2) is 67.3 Å². The van der Waals surface area contributed by atoms with Crippen molar-refractivity contribution in [2.45, 2.75) is 19.9 Å². The first kappa shape index (κ1) is 28.1. The largest absolute Gasteiger partial charge is 0.493 e. The maximum atomic E-state index is 12.2. The predicted octanol–water partition coefficient (Wildman–Crippen LogP) is 4.71. The Hall–Kier alpha value is -4.41. The number of benzene rings is 2. The van der Waals surface area contributed by atoms with Crippen molar-refractivity contribution in [3.8, 4) is 11.5 Å². The van der Waals surface area contributed by atoms with E-state index in [0.717, 1.165) is 72.9 Å². The summed E-state index contributed by atoms with van der Waals surface area (Å²) in [6.07, 6.45) is 5.71. The molecular weight excluding hydrogens is 522 g/mol. The summed E-state index contributed by atoms with van der Waals surface area (Å²) in [6, 6.07) is 15.2. The van der Waals surface area contributed by atoms with Gasteiger partial charge in [0, 0.05) is 42.9 Å². The summed E-state index contributed by atoms with van der Waals surface area (Å²) in [4.78, 5) is 23.4. The first-order chi connectivity index (χ1) is 20.1. The lowest BCUT2D eigenvalue weighted by atomic mass is 10.1. The van der Waals surface area contributed by atoms with E-state index in [0.29, 0.717) is 30.5 Å². The molecule has 2 aromatic heterocycles. The molecule has 0 radical (unpaired) electrons. The number of hydrogen-bond donors (Lipinski definition) is 2. The highest BCUT2D eigenvalue weighted by atomic mass is 16.5. The molecule has 10 nitrogen and oxygen atoms in total. The molecule has 0 atom stereocenters. The molecule has 41 heavy (non-hydrogen) atoms. The van der Waals surface area contributed by atoms with Crippen LogP contribution in [0.4, 0.5) is 11.5 Å². The molecule has 1 aliphatic heterocycles. The second kappa shape index (κ2) is 13.8. The summed E-state index contributed by atoms with van der Waals surface area (Å²) in [6.45, 7) is 7.30. The summed E-state index contributed by atoms with van der Waals surface area (Å²) < 4.78 is 22.6. The Morgan fingerprint density at radius 2 is 1.90 bits per heavy atom. The highest BCUT2D eigenvalue weighted by Gasteiger charge is 2.13. The van der Waals surface area contributed by atoms with Crippen LogP contribution in [-0.2, 0) is 16.1 Å². The molecular formula is C31H35N5O5. The molecule has 2 N–H and O–H groups in total. The lowest BCUT2D eigenvalue weighted by Crippen LogP contribution is -2.37. The number of anilines is 2. The fourth-order valence-corrected chi connectivity index (χ4v) is 4.53. The van der Waals surface area contributed by atoms with E-state index in [-0.39, 0.29) is 5.91 Å². The van der Waals surface area contributed by atoms with E-state index in [1.54, 1.807) is 13.2 Å². The number of carbonyl (C=O) groups is 1. The Morgan fingerprint density at radius 3 is 2.66 bits per heavy atom. The number of nitrogens with zero attached hydrogens (tertiary/aromatic N) is 3. The number of methoxy groups -OCH3 is 1. The van der Waals surface area contributed by atoms with Crippen LogP contribution in [0.15, 0.2) is 65.4 Å². The van der Waals surface area contributed by atoms with E-state index in [2.05, 4.69) is 25.5 Å². The van der Waals surface area contributed by atoms with Crippen LogP contribution < -0.4 is 20.1 Å². The molecule has 3 heterocycles. The Morgan fingerprint density at radius 1 is 1.07 bits per heavy atom. The van der Waals surface area contributed by atoms with Gasteiger partial charge in [-0.15, -0.1) is 0 Å². The minimum Gasteiger partial charge on any atom is -0.493 e. The fraction of sp³-hybridized carbons (Fsp3) is 0.323. The normalized spacial score (nSPS) is 13.9. The Labute approximate surface area is 239 Å². The lowest BCUT2D eigenvalue weighted by Gasteiger charge is -2.26. The van der Waals surface area contributed by atoms with Crippen molar-refractivity contribution < 1.29 is 23.4 Å². The number of furan rings is 1. The highest BCUT2D eigenvalue weighted by Crippen LogP contribution is 2.34. The molecule has 1 saturated heterocycles. The molecule has 4 aromatic rings. The molecule has 0 spiro atoms. The van der Waals surface area contributed by atoms with Crippen LogP contribution in [0.25, 0.3) is 17.0 Å². The number of fused-ring (bicyclic) bond motifs is 1. The Bertz CT molecular complexity index is 1480. The standard InChI is InChI=1S/C31H35N5O5/c1-22-4-10-25(41-22)20-32-30(37)11-7-23-5-8-24(9-6-23)35-31-26-18-28(38-2)29(19-27(26)33-21-34-31)40-15-3-12-36-13-16-39-17-14-36/h4-11,18-19,21H,3,12-17,20H2,1-2H3,(H,32,37)(H,33,34,35). The molecule has 1 aliphatic rings. The molecule has 2 aromatic carbocycles. The summed E-state index contributed by atoms with van der Waals surface area (Å²) in [5, 5.41) is 6.99. The van der Waals surface area contributed by atoms with Crippen molar-refractivity contribution in [2.75, 3.05) is 51.9 Å². The van der Waals surface area contributed by atoms with Crippen LogP contribution in [0.1, 0.15) is 23.5 Å². The monoisotopic (exact) mass is 557 g/mol. The van der Waals surface area contributed by atoms with Crippen LogP contribution in [0.2, 0.25) is 0 Å². The van der Waals surface area contributed by atoms with Crippen molar-refractivity contribution in [2.24, 2.45) is 0 Å². The summed E-state index contributed by atoms with van der Waals surface area (Å²) in [5.41, 5.74) is 2.49. The number of hydrogen-bond acceptors (Lipinski definition) is 9. The van der Waals surface area contributed by atoms with Crippen molar-refractivity contribution in [1.29, 1.82) is 0 Å². The zero-order valence-corrected chi connectivity index (χ0v) is 23.4. The number of carbonyl (C=O) groups excluding carboxylic acids is 1. The van der Waals surface area contributed by atoms with Gasteiger partial charge in [-0.2, -0.15) is 0 Å². The van der Waals surface area contributed by atoms with Gasteiger partial charge in [0.05, 0.1) is 39.0 Å². The van der Waals surface area contributed by atoms with E-state index < -0.39 is 0 Å². The molecule has 5 rings (SSSR count). The third-order valence-corrected chi connectivity index (χ3v) is 6.73. The zero-order chi connectivity index (χ0) is 28.4. The summed E-state index contributed by atoms with van der Waals surface area (Å²) in [7, 11) is 1.63. The average molecular weight is 558 g/mol. The molecule has 214 valence electrons. The van der Waals surface area contributed by atoms with Crippen LogP contribution in [0.5, 0.6) is 11.5 Å². The maximum Gasteiger partial charge on any atom is 0.244 e. The molecule has 0 saturated carbocycles. The Kier molecular flexibility index (Phi) is 9.45. The van der Waals surface area contributed by atoms with Gasteiger partial charge < -0.3 is 29.3 Å². The van der Waals surface area contributed by atoms with Gasteiger partial charge in [0.1, 0.15) is 23.7 Å². The van der Waals surface area contributed by atoms with Crippen LogP contribution in [0.3, 0.4) is 0 Å². The minimum atomic E-state index is -0.192. The second-order valence-corrected chi connectivity index (χ2v) is 9.71. The quantitative estimate of drug-likeness (QED) is 0.189. The highest BCUT2D eigenvalue weighted by molar-refractivity contribution is 5.93. The lowest BCUT2D eigenvalue weighted by molar-refractivity contribution is -0.116. The average Bonchev–Trinajstić information content (AvgIpc) is 3.43. The van der Waals surface area contributed by atoms with Gasteiger partial charge >= 0.3 is 0 Å². The van der Waals surface area contributed by atoms with E-state index in [1.807, 2.05) is 55.5 Å². The number of amides is 1. The molecule has 1 fully saturated rings. The number of ether oxygens (including phenoxy) is 3. The van der Waals surface area contributed by atoms with Crippen LogP contribution >= 0.6 is 0 Å². The van der Waals surface area contributed by atoms with E-state index in [4.69, 9.17) is 18.6 Å². The van der Waals surface area contributed by atoms with Crippen molar-refractivity contribution in [3.05, 3.63) is 78.0 Å². The number of rotatable bonds is 12. The number of nitrogens with one attached hydrogen (secondary N) is 2. The van der Waals surface area contributed by atoms with Gasteiger partial charge in [-0.1, -0.05) is 12.1 Å². The van der Waals surface area contributed by atoms with E-state index in [1.165, 1.54) is 12.4 Å². The van der Waals surface area contributed by atoms with E-state index >= 15 is 0 Å². The van der Waals surface area contributed by atoms with Gasteiger partial charge in [-0.25, -0.2) is 9.97 Å². The number of aromatic nitrogens is 2. The minimum absolute atomic E-state index is 0.192. The first-order valence-corrected chi connectivity index (χ1v) is 13.7. The third-order valence-electron chi connectivity index (χ3n) is 6.73. The second-order valence-electron chi connectivity index (χ2n) is 9.71. The Balaban J connectivity index is 1.18. The van der Waals surface area contributed by atoms with Gasteiger partial charge in [0.25, 0.3) is 0 Å². The predicted molar refractivity (Wildman–Crippen MR) is 158 cm³/mol. The van der Waals surface area contributed by atoms with Crippen molar-refractivity contribution in [1.82, 2.24) is 20.2 Å². The van der Waals surface area contributed by atoms with Crippen LogP contribution in [0, 0.1) is 6.92 Å². The SMILES string of the molecule is COc1cc2c(Nc3ccc(C=CC(=O)NCc4ccc(C)o4)cc3)ncnc2cc1OCCCN1CCOCC1. The third kappa shape index (κ3) is 7.84. The zero-order valence-electron chi connectivity index (χ0n) is 23.4. The topological polar surface area (TPSA) is 111 Å². The van der Waals surface area contributed by atoms with E-state index in [9.17, 15) is 4.79 Å². The van der Waals surface area contributed by atoms with Gasteiger partial charge in [-0.3, -0.25) is 9.69 Å². The molecule has 0 unspecified atom stereocenters.